The molecule has 2 N–H and O–H groups in total. The maximum Gasteiger partial charge on any atom is 0.248 e. The minimum absolute atomic E-state index is 0.379. The van der Waals surface area contributed by atoms with Crippen molar-refractivity contribution < 1.29 is 4.79 Å². The van der Waals surface area contributed by atoms with Gasteiger partial charge in [-0.2, -0.15) is 0 Å². The Kier molecular flexibility index (Phi) is 17.6. The molecular weight excluding hydrogens is 234 g/mol. The van der Waals surface area contributed by atoms with Crippen molar-refractivity contribution in [3.05, 3.63) is 35.9 Å². The van der Waals surface area contributed by atoms with Crippen LogP contribution in [0.4, 0.5) is 0 Å². The van der Waals surface area contributed by atoms with Gasteiger partial charge < -0.3 is 5.73 Å². The lowest BCUT2D eigenvalue weighted by molar-refractivity contribution is 0.100. The van der Waals surface area contributed by atoms with E-state index in [-0.39, 0.29) is 5.91 Å². The van der Waals surface area contributed by atoms with Gasteiger partial charge in [-0.05, 0) is 12.1 Å². The van der Waals surface area contributed by atoms with Crippen LogP contribution >= 0.6 is 0 Å². The number of hydrogen-bond donors (Lipinski definition) is 1. The molecule has 0 heterocycles. The van der Waals surface area contributed by atoms with Crippen LogP contribution in [0.5, 0.6) is 0 Å². The zero-order valence-corrected chi connectivity index (χ0v) is 13.1. The molecule has 1 aromatic carbocycles. The Balaban J connectivity index is 0. The normalized spacial score (nSPS) is 8.63. The van der Waals surface area contributed by atoms with E-state index in [0.717, 1.165) is 0 Å². The first-order valence-electron chi connectivity index (χ1n) is 7.48. The third-order valence-corrected chi connectivity index (χ3v) is 2.47. The van der Waals surface area contributed by atoms with Crippen LogP contribution in [0, 0.1) is 0 Å². The highest BCUT2D eigenvalue weighted by atomic mass is 16.1. The smallest absolute Gasteiger partial charge is 0.248 e. The molecule has 2 nitrogen and oxygen atoms in total. The van der Waals surface area contributed by atoms with Gasteiger partial charge in [0.25, 0.3) is 0 Å². The van der Waals surface area contributed by atoms with Crippen molar-refractivity contribution >= 4 is 5.91 Å². The van der Waals surface area contributed by atoms with Crippen molar-refractivity contribution in [1.29, 1.82) is 0 Å². The minimum atomic E-state index is -0.379. The monoisotopic (exact) mass is 265 g/mol. The van der Waals surface area contributed by atoms with E-state index in [0.29, 0.717) is 5.56 Å². The summed E-state index contributed by atoms with van der Waals surface area (Å²) in [6.07, 6.45) is 8.15. The van der Waals surface area contributed by atoms with Crippen molar-refractivity contribution in [3.63, 3.8) is 0 Å². The Morgan fingerprint density at radius 3 is 1.37 bits per heavy atom. The molecule has 0 fully saturated rings. The lowest BCUT2D eigenvalue weighted by atomic mass is 10.2. The van der Waals surface area contributed by atoms with Gasteiger partial charge in [-0.1, -0.05) is 84.4 Å². The number of hydrogen-bond acceptors (Lipinski definition) is 1. The molecular formula is C17H31NO. The number of unbranched alkanes of at least 4 members (excludes halogenated alkanes) is 4. The highest BCUT2D eigenvalue weighted by molar-refractivity contribution is 5.92. The van der Waals surface area contributed by atoms with Crippen LogP contribution < -0.4 is 5.73 Å². The van der Waals surface area contributed by atoms with Gasteiger partial charge in [0.15, 0.2) is 0 Å². The summed E-state index contributed by atoms with van der Waals surface area (Å²) in [4.78, 5) is 10.4. The molecule has 0 aliphatic carbocycles. The fourth-order valence-electron chi connectivity index (χ4n) is 1.31. The molecule has 0 saturated carbocycles. The molecule has 0 saturated heterocycles. The molecule has 1 aromatic rings. The van der Waals surface area contributed by atoms with E-state index in [1.54, 1.807) is 24.3 Å². The molecule has 110 valence electrons. The van der Waals surface area contributed by atoms with Crippen molar-refractivity contribution in [2.75, 3.05) is 0 Å². The summed E-state index contributed by atoms with van der Waals surface area (Å²) in [5, 5.41) is 0. The van der Waals surface area contributed by atoms with Crippen LogP contribution in [0.1, 0.15) is 76.6 Å². The highest BCUT2D eigenvalue weighted by Crippen LogP contribution is 1.94. The van der Waals surface area contributed by atoms with E-state index in [2.05, 4.69) is 27.7 Å². The predicted octanol–water partition coefficient (Wildman–Crippen LogP) is 5.18. The molecule has 0 spiro atoms. The summed E-state index contributed by atoms with van der Waals surface area (Å²) < 4.78 is 0. The Morgan fingerprint density at radius 1 is 0.842 bits per heavy atom. The lowest BCUT2D eigenvalue weighted by Gasteiger charge is -1.89. The van der Waals surface area contributed by atoms with Gasteiger partial charge in [0.1, 0.15) is 0 Å². The SMILES string of the molecule is CCCCC.CCCCC.NC(=O)c1ccccc1. The summed E-state index contributed by atoms with van der Waals surface area (Å²) in [7, 11) is 0. The van der Waals surface area contributed by atoms with Crippen LogP contribution in [-0.2, 0) is 0 Å². The average molecular weight is 265 g/mol. The van der Waals surface area contributed by atoms with E-state index in [1.165, 1.54) is 38.5 Å². The van der Waals surface area contributed by atoms with Gasteiger partial charge in [-0.3, -0.25) is 4.79 Å². The first kappa shape index (κ1) is 20.0. The molecule has 1 rings (SSSR count). The van der Waals surface area contributed by atoms with E-state index >= 15 is 0 Å². The first-order chi connectivity index (χ1) is 9.13. The zero-order valence-electron chi connectivity index (χ0n) is 13.1. The first-order valence-corrected chi connectivity index (χ1v) is 7.48. The minimum Gasteiger partial charge on any atom is -0.366 e. The lowest BCUT2D eigenvalue weighted by Crippen LogP contribution is -2.09. The molecule has 0 radical (unpaired) electrons. The van der Waals surface area contributed by atoms with Crippen molar-refractivity contribution in [2.45, 2.75) is 66.2 Å². The average Bonchev–Trinajstić information content (AvgIpc) is 2.43. The molecule has 0 aliphatic rings. The van der Waals surface area contributed by atoms with Gasteiger partial charge >= 0.3 is 0 Å². The summed E-state index contributed by atoms with van der Waals surface area (Å²) in [5.41, 5.74) is 5.53. The van der Waals surface area contributed by atoms with E-state index in [4.69, 9.17) is 5.73 Å². The number of nitrogens with two attached hydrogens (primary N) is 1. The molecule has 1 amide bonds. The van der Waals surface area contributed by atoms with Gasteiger partial charge in [0.05, 0.1) is 0 Å². The molecule has 19 heavy (non-hydrogen) atoms. The molecule has 0 aliphatic heterocycles. The zero-order chi connectivity index (χ0) is 14.9. The van der Waals surface area contributed by atoms with E-state index < -0.39 is 0 Å². The largest absolute Gasteiger partial charge is 0.366 e. The maximum absolute atomic E-state index is 10.4. The Labute approximate surface area is 119 Å². The molecule has 0 atom stereocenters. The maximum atomic E-state index is 10.4. The third kappa shape index (κ3) is 16.7. The van der Waals surface area contributed by atoms with Crippen LogP contribution in [0.25, 0.3) is 0 Å². The van der Waals surface area contributed by atoms with Gasteiger partial charge in [-0.25, -0.2) is 0 Å². The number of primary amides is 1. The third-order valence-electron chi connectivity index (χ3n) is 2.47. The van der Waals surface area contributed by atoms with Gasteiger partial charge in [0, 0.05) is 5.56 Å². The van der Waals surface area contributed by atoms with Crippen molar-refractivity contribution in [1.82, 2.24) is 0 Å². The molecule has 0 unspecified atom stereocenters. The quantitative estimate of drug-likeness (QED) is 0.783. The van der Waals surface area contributed by atoms with Crippen molar-refractivity contribution in [3.8, 4) is 0 Å². The Morgan fingerprint density at radius 2 is 1.21 bits per heavy atom. The number of amides is 1. The van der Waals surface area contributed by atoms with Crippen LogP contribution in [0.2, 0.25) is 0 Å². The van der Waals surface area contributed by atoms with Crippen LogP contribution in [0.15, 0.2) is 30.3 Å². The summed E-state index contributed by atoms with van der Waals surface area (Å²) in [6, 6.07) is 8.76. The molecule has 2 heteroatoms. The predicted molar refractivity (Wildman–Crippen MR) is 85.4 cm³/mol. The van der Waals surface area contributed by atoms with Crippen LogP contribution in [0.3, 0.4) is 0 Å². The fourth-order valence-corrected chi connectivity index (χ4v) is 1.31. The number of benzene rings is 1. The van der Waals surface area contributed by atoms with Gasteiger partial charge in [0.2, 0.25) is 5.91 Å². The fraction of sp³-hybridized carbons (Fsp3) is 0.588. The standard InChI is InChI=1S/C7H7NO.2C5H12/c8-7(9)6-4-2-1-3-5-6;2*1-3-5-4-2/h1-5H,(H2,8,9);2*3-5H2,1-2H3. The Hall–Kier alpha value is -1.31. The topological polar surface area (TPSA) is 43.1 Å². The highest BCUT2D eigenvalue weighted by Gasteiger charge is 1.93. The summed E-state index contributed by atoms with van der Waals surface area (Å²) >= 11 is 0. The van der Waals surface area contributed by atoms with Crippen LogP contribution in [-0.4, -0.2) is 5.91 Å². The Bertz CT molecular complexity index is 273. The summed E-state index contributed by atoms with van der Waals surface area (Å²) in [6.45, 7) is 8.85. The second-order valence-electron chi connectivity index (χ2n) is 4.44. The van der Waals surface area contributed by atoms with Crippen molar-refractivity contribution in [2.24, 2.45) is 5.73 Å². The summed E-state index contributed by atoms with van der Waals surface area (Å²) in [5.74, 6) is -0.379. The second-order valence-corrected chi connectivity index (χ2v) is 4.44. The van der Waals surface area contributed by atoms with E-state index in [1.807, 2.05) is 6.07 Å². The number of carbonyl (C=O) groups excluding carboxylic acids is 1. The van der Waals surface area contributed by atoms with Gasteiger partial charge in [-0.15, -0.1) is 0 Å². The number of rotatable bonds is 5. The second kappa shape index (κ2) is 16.7. The number of carbonyl (C=O) groups is 1. The molecule has 0 aromatic heterocycles. The van der Waals surface area contributed by atoms with E-state index in [9.17, 15) is 4.79 Å². The molecule has 0 bridgehead atoms.